The molecule has 0 spiro atoms. The molecule has 17 heavy (non-hydrogen) atoms. The third kappa shape index (κ3) is 17.4. The molecule has 0 bridgehead atoms. The van der Waals surface area contributed by atoms with Crippen LogP contribution in [0.1, 0.15) is 19.8 Å². The fourth-order valence-electron chi connectivity index (χ4n) is 0.869. The zero-order valence-electron chi connectivity index (χ0n) is 10.1. The summed E-state index contributed by atoms with van der Waals surface area (Å²) in [5, 5.41) is 33.4. The van der Waals surface area contributed by atoms with Gasteiger partial charge >= 0.3 is 5.97 Å². The first-order valence-corrected chi connectivity index (χ1v) is 5.47. The molecular formula is C12H22O5. The average Bonchev–Trinajstić information content (AvgIpc) is 2.31. The zero-order valence-corrected chi connectivity index (χ0v) is 10.1. The summed E-state index contributed by atoms with van der Waals surface area (Å²) in [6.07, 6.45) is 7.34. The van der Waals surface area contributed by atoms with Crippen LogP contribution in [0.4, 0.5) is 0 Å². The van der Waals surface area contributed by atoms with Gasteiger partial charge in [-0.3, -0.25) is 0 Å². The van der Waals surface area contributed by atoms with E-state index in [2.05, 4.69) is 0 Å². The largest absolute Gasteiger partial charge is 0.478 e. The molecule has 0 radical (unpaired) electrons. The van der Waals surface area contributed by atoms with Gasteiger partial charge in [-0.1, -0.05) is 18.2 Å². The minimum atomic E-state index is -0.914. The van der Waals surface area contributed by atoms with E-state index < -0.39 is 5.97 Å². The number of rotatable bonds is 7. The van der Waals surface area contributed by atoms with Crippen LogP contribution in [-0.2, 0) is 4.79 Å². The molecular weight excluding hydrogens is 224 g/mol. The Hall–Kier alpha value is -1.17. The van der Waals surface area contributed by atoms with Crippen molar-refractivity contribution in [2.75, 3.05) is 19.8 Å². The fourth-order valence-corrected chi connectivity index (χ4v) is 0.869. The lowest BCUT2D eigenvalue weighted by atomic mass is 10.1. The highest BCUT2D eigenvalue weighted by Gasteiger charge is 2.03. The predicted octanol–water partition coefficient (Wildman–Crippen LogP) is 0.563. The standard InChI is InChI=1S/C6H14O3.C6H8O2/c7-3-1-2-6(4-8)5-9;1-2-3-4-5-6(7)8/h6-9H,1-5H2;2-5H,1H3,(H,7,8)/b;3-2+,5-4+. The maximum Gasteiger partial charge on any atom is 0.328 e. The van der Waals surface area contributed by atoms with Crippen molar-refractivity contribution < 1.29 is 25.2 Å². The van der Waals surface area contributed by atoms with E-state index in [-0.39, 0.29) is 25.7 Å². The highest BCUT2D eigenvalue weighted by Crippen LogP contribution is 2.02. The number of aliphatic hydroxyl groups is 3. The van der Waals surface area contributed by atoms with Gasteiger partial charge in [-0.15, -0.1) is 0 Å². The molecule has 0 amide bonds. The van der Waals surface area contributed by atoms with E-state index in [1.54, 1.807) is 12.2 Å². The molecule has 0 aliphatic carbocycles. The summed E-state index contributed by atoms with van der Waals surface area (Å²) in [7, 11) is 0. The van der Waals surface area contributed by atoms with Crippen molar-refractivity contribution in [2.45, 2.75) is 19.8 Å². The molecule has 4 N–H and O–H groups in total. The van der Waals surface area contributed by atoms with Crippen LogP contribution in [0.5, 0.6) is 0 Å². The molecule has 0 atom stereocenters. The number of aliphatic carboxylic acids is 1. The van der Waals surface area contributed by atoms with Crippen LogP contribution in [0.15, 0.2) is 24.3 Å². The molecule has 0 fully saturated rings. The second kappa shape index (κ2) is 14.8. The molecule has 0 rings (SSSR count). The molecule has 5 heteroatoms. The summed E-state index contributed by atoms with van der Waals surface area (Å²) in [5.74, 6) is -0.958. The van der Waals surface area contributed by atoms with Gasteiger partial charge in [-0.05, 0) is 19.8 Å². The first-order valence-electron chi connectivity index (χ1n) is 5.47. The number of carboxylic acids is 1. The van der Waals surface area contributed by atoms with Crippen LogP contribution < -0.4 is 0 Å². The van der Waals surface area contributed by atoms with Gasteiger partial charge in [0.1, 0.15) is 0 Å². The van der Waals surface area contributed by atoms with E-state index >= 15 is 0 Å². The van der Waals surface area contributed by atoms with Gasteiger partial charge in [-0.2, -0.15) is 0 Å². The van der Waals surface area contributed by atoms with Gasteiger partial charge in [0.25, 0.3) is 0 Å². The number of aliphatic hydroxyl groups excluding tert-OH is 3. The first kappa shape index (κ1) is 18.2. The maximum absolute atomic E-state index is 9.75. The van der Waals surface area contributed by atoms with E-state index in [1.165, 1.54) is 6.08 Å². The van der Waals surface area contributed by atoms with Crippen molar-refractivity contribution in [3.63, 3.8) is 0 Å². The van der Waals surface area contributed by atoms with Crippen LogP contribution in [0, 0.1) is 5.92 Å². The lowest BCUT2D eigenvalue weighted by Crippen LogP contribution is -2.11. The molecule has 0 saturated carbocycles. The molecule has 0 aromatic carbocycles. The van der Waals surface area contributed by atoms with Crippen LogP contribution in [-0.4, -0.2) is 46.2 Å². The highest BCUT2D eigenvalue weighted by molar-refractivity contribution is 5.80. The molecule has 0 saturated heterocycles. The smallest absolute Gasteiger partial charge is 0.328 e. The number of hydrogen-bond acceptors (Lipinski definition) is 4. The number of carbonyl (C=O) groups is 1. The Morgan fingerprint density at radius 3 is 2.12 bits per heavy atom. The molecule has 0 aliphatic rings. The quantitative estimate of drug-likeness (QED) is 0.389. The molecule has 0 aliphatic heterocycles. The summed E-state index contributed by atoms with van der Waals surface area (Å²) in [6, 6.07) is 0. The van der Waals surface area contributed by atoms with Gasteiger partial charge in [0.05, 0.1) is 0 Å². The minimum absolute atomic E-state index is 0.0104. The van der Waals surface area contributed by atoms with Crippen molar-refractivity contribution in [3.05, 3.63) is 24.3 Å². The Morgan fingerprint density at radius 1 is 1.18 bits per heavy atom. The van der Waals surface area contributed by atoms with E-state index in [4.69, 9.17) is 20.4 Å². The third-order valence-electron chi connectivity index (χ3n) is 1.83. The lowest BCUT2D eigenvalue weighted by molar-refractivity contribution is -0.131. The van der Waals surface area contributed by atoms with Crippen LogP contribution >= 0.6 is 0 Å². The van der Waals surface area contributed by atoms with Crippen LogP contribution in [0.2, 0.25) is 0 Å². The molecule has 0 aromatic rings. The van der Waals surface area contributed by atoms with Crippen molar-refractivity contribution in [1.29, 1.82) is 0 Å². The third-order valence-corrected chi connectivity index (χ3v) is 1.83. The Kier molecular flexibility index (Phi) is 15.9. The van der Waals surface area contributed by atoms with Crippen molar-refractivity contribution in [1.82, 2.24) is 0 Å². The van der Waals surface area contributed by atoms with Crippen molar-refractivity contribution in [2.24, 2.45) is 5.92 Å². The summed E-state index contributed by atoms with van der Waals surface area (Å²) < 4.78 is 0. The topological polar surface area (TPSA) is 98.0 Å². The van der Waals surface area contributed by atoms with E-state index in [1.807, 2.05) is 6.92 Å². The van der Waals surface area contributed by atoms with Crippen LogP contribution in [0.25, 0.3) is 0 Å². The summed E-state index contributed by atoms with van der Waals surface area (Å²) in [4.78, 5) is 9.75. The Labute approximate surface area is 102 Å². The average molecular weight is 246 g/mol. The maximum atomic E-state index is 9.75. The molecule has 100 valence electrons. The molecule has 5 nitrogen and oxygen atoms in total. The second-order valence-electron chi connectivity index (χ2n) is 3.32. The Balaban J connectivity index is 0. The summed E-state index contributed by atoms with van der Waals surface area (Å²) >= 11 is 0. The zero-order chi connectivity index (χ0) is 13.5. The Morgan fingerprint density at radius 2 is 1.76 bits per heavy atom. The number of allylic oxidation sites excluding steroid dienone is 3. The fraction of sp³-hybridized carbons (Fsp3) is 0.583. The first-order chi connectivity index (χ1) is 8.12. The molecule has 0 heterocycles. The van der Waals surface area contributed by atoms with Crippen LogP contribution in [0.3, 0.4) is 0 Å². The summed E-state index contributed by atoms with van der Waals surface area (Å²) in [6.45, 7) is 1.98. The summed E-state index contributed by atoms with van der Waals surface area (Å²) in [5.41, 5.74) is 0. The monoisotopic (exact) mass is 246 g/mol. The Bertz CT molecular complexity index is 219. The van der Waals surface area contributed by atoms with Crippen molar-refractivity contribution >= 4 is 5.97 Å². The second-order valence-corrected chi connectivity index (χ2v) is 3.32. The van der Waals surface area contributed by atoms with E-state index in [0.717, 1.165) is 6.08 Å². The van der Waals surface area contributed by atoms with E-state index in [9.17, 15) is 4.79 Å². The predicted molar refractivity (Wildman–Crippen MR) is 65.6 cm³/mol. The van der Waals surface area contributed by atoms with Gasteiger partial charge in [0, 0.05) is 31.8 Å². The normalized spacial score (nSPS) is 10.9. The highest BCUT2D eigenvalue weighted by atomic mass is 16.4. The minimum Gasteiger partial charge on any atom is -0.478 e. The van der Waals surface area contributed by atoms with Gasteiger partial charge in [0.2, 0.25) is 0 Å². The van der Waals surface area contributed by atoms with E-state index in [0.29, 0.717) is 12.8 Å². The molecule has 0 aromatic heterocycles. The number of carboxylic acid groups (broad SMARTS) is 1. The SMILES string of the molecule is C/C=C/C=C/C(=O)O.OCCCC(CO)CO. The van der Waals surface area contributed by atoms with Gasteiger partial charge in [-0.25, -0.2) is 4.79 Å². The van der Waals surface area contributed by atoms with Gasteiger partial charge < -0.3 is 20.4 Å². The molecule has 0 unspecified atom stereocenters. The van der Waals surface area contributed by atoms with Crippen molar-refractivity contribution in [3.8, 4) is 0 Å². The number of hydrogen-bond donors (Lipinski definition) is 4. The lowest BCUT2D eigenvalue weighted by Gasteiger charge is -2.07. The van der Waals surface area contributed by atoms with Gasteiger partial charge in [0.15, 0.2) is 0 Å².